The highest BCUT2D eigenvalue weighted by atomic mass is 79.9. The lowest BCUT2D eigenvalue weighted by Gasteiger charge is -2.17. The first-order chi connectivity index (χ1) is 8.95. The third kappa shape index (κ3) is 2.41. The number of carbonyl (C=O) groups excluding carboxylic acids is 1. The molecule has 1 aromatic carbocycles. The normalized spacial score (nSPS) is 10.7. The van der Waals surface area contributed by atoms with Gasteiger partial charge in [-0.3, -0.25) is 9.63 Å². The largest absolute Gasteiger partial charge is 0.505 e. The molecule has 1 N–H and O–H groups in total. The van der Waals surface area contributed by atoms with Crippen LogP contribution in [0.15, 0.2) is 22.7 Å². The minimum Gasteiger partial charge on any atom is -0.505 e. The maximum Gasteiger partial charge on any atom is 0.281 e. The predicted molar refractivity (Wildman–Crippen MR) is 74.9 cm³/mol. The van der Waals surface area contributed by atoms with E-state index in [2.05, 4.69) is 20.9 Å². The summed E-state index contributed by atoms with van der Waals surface area (Å²) >= 11 is 3.35. The van der Waals surface area contributed by atoms with E-state index in [1.54, 1.807) is 19.1 Å². The van der Waals surface area contributed by atoms with Crippen LogP contribution in [0.3, 0.4) is 0 Å². The van der Waals surface area contributed by atoms with Gasteiger partial charge in [-0.05, 0) is 25.1 Å². The van der Waals surface area contributed by atoms with Crippen LogP contribution < -0.4 is 0 Å². The number of amides is 1. The third-order valence-corrected chi connectivity index (χ3v) is 3.36. The van der Waals surface area contributed by atoms with E-state index in [1.807, 2.05) is 6.07 Å². The summed E-state index contributed by atoms with van der Waals surface area (Å²) in [6.45, 7) is 1.65. The Labute approximate surface area is 118 Å². The Morgan fingerprint density at radius 1 is 1.47 bits per heavy atom. The molecule has 1 amide bonds. The van der Waals surface area contributed by atoms with E-state index in [0.29, 0.717) is 16.6 Å². The predicted octanol–water partition coefficient (Wildman–Crippen LogP) is 2.64. The van der Waals surface area contributed by atoms with Gasteiger partial charge in [0.15, 0.2) is 0 Å². The second kappa shape index (κ2) is 5.14. The average molecular weight is 325 g/mol. The molecule has 2 aromatic rings. The molecule has 1 aromatic heterocycles. The Morgan fingerprint density at radius 2 is 2.16 bits per heavy atom. The molecule has 1 heterocycles. The molecular weight excluding hydrogens is 312 g/mol. The maximum atomic E-state index is 12.3. The SMILES string of the molecule is CON(C)C(=O)c1c(O)c(C)nc2ccc(Br)cc12. The van der Waals surface area contributed by atoms with Gasteiger partial charge in [-0.25, -0.2) is 10.0 Å². The van der Waals surface area contributed by atoms with Crippen molar-refractivity contribution >= 4 is 32.7 Å². The van der Waals surface area contributed by atoms with Crippen molar-refractivity contribution in [3.05, 3.63) is 33.9 Å². The first-order valence-corrected chi connectivity index (χ1v) is 6.36. The molecule has 19 heavy (non-hydrogen) atoms. The Kier molecular flexibility index (Phi) is 3.73. The highest BCUT2D eigenvalue weighted by Crippen LogP contribution is 2.31. The standard InChI is InChI=1S/C13H13BrN2O3/c1-7-12(17)11(13(18)16(2)19-3)9-6-8(14)4-5-10(9)15-7/h4-6,17H,1-3H3. The third-order valence-electron chi connectivity index (χ3n) is 2.87. The molecule has 0 saturated heterocycles. The number of fused-ring (bicyclic) bond motifs is 1. The van der Waals surface area contributed by atoms with Crippen LogP contribution in [0, 0.1) is 6.92 Å². The van der Waals surface area contributed by atoms with Gasteiger partial charge in [0.1, 0.15) is 5.75 Å². The summed E-state index contributed by atoms with van der Waals surface area (Å²) < 4.78 is 0.805. The van der Waals surface area contributed by atoms with Crippen LogP contribution in [0.1, 0.15) is 16.1 Å². The fraction of sp³-hybridized carbons (Fsp3) is 0.231. The summed E-state index contributed by atoms with van der Waals surface area (Å²) in [5, 5.41) is 11.8. The van der Waals surface area contributed by atoms with Crippen LogP contribution in [0.2, 0.25) is 0 Å². The maximum absolute atomic E-state index is 12.3. The van der Waals surface area contributed by atoms with Crippen LogP contribution in [0.5, 0.6) is 5.75 Å². The van der Waals surface area contributed by atoms with Crippen LogP contribution in [-0.2, 0) is 4.84 Å². The second-order valence-electron chi connectivity index (χ2n) is 4.07. The summed E-state index contributed by atoms with van der Waals surface area (Å²) in [7, 11) is 2.88. The number of aromatic nitrogens is 1. The lowest BCUT2D eigenvalue weighted by atomic mass is 10.1. The number of hydroxylamine groups is 2. The molecule has 0 radical (unpaired) electrons. The molecule has 5 nitrogen and oxygen atoms in total. The highest BCUT2D eigenvalue weighted by molar-refractivity contribution is 9.10. The lowest BCUT2D eigenvalue weighted by Crippen LogP contribution is -2.26. The zero-order valence-electron chi connectivity index (χ0n) is 10.8. The van der Waals surface area contributed by atoms with Crippen LogP contribution in [0.4, 0.5) is 0 Å². The Balaban J connectivity index is 2.79. The molecule has 0 aliphatic carbocycles. The number of carbonyl (C=O) groups is 1. The zero-order valence-corrected chi connectivity index (χ0v) is 12.4. The van der Waals surface area contributed by atoms with Gasteiger partial charge in [-0.2, -0.15) is 0 Å². The minimum atomic E-state index is -0.423. The summed E-state index contributed by atoms with van der Waals surface area (Å²) in [6.07, 6.45) is 0. The first kappa shape index (κ1) is 13.8. The van der Waals surface area contributed by atoms with Crippen molar-refractivity contribution < 1.29 is 14.7 Å². The number of rotatable bonds is 2. The molecule has 0 aliphatic rings. The molecule has 0 spiro atoms. The number of hydrogen-bond acceptors (Lipinski definition) is 4. The van der Waals surface area contributed by atoms with E-state index in [-0.39, 0.29) is 11.3 Å². The summed E-state index contributed by atoms with van der Waals surface area (Å²) in [6, 6.07) is 5.37. The molecule has 0 unspecified atom stereocenters. The molecule has 2 rings (SSSR count). The molecule has 0 atom stereocenters. The molecule has 0 saturated carbocycles. The van der Waals surface area contributed by atoms with Crippen LogP contribution in [0.25, 0.3) is 10.9 Å². The van der Waals surface area contributed by atoms with Gasteiger partial charge in [-0.1, -0.05) is 15.9 Å². The van der Waals surface area contributed by atoms with Gasteiger partial charge in [0, 0.05) is 16.9 Å². The minimum absolute atomic E-state index is 0.125. The van der Waals surface area contributed by atoms with E-state index in [9.17, 15) is 9.90 Å². The number of halogens is 1. The first-order valence-electron chi connectivity index (χ1n) is 5.56. The molecule has 0 aliphatic heterocycles. The zero-order chi connectivity index (χ0) is 14.2. The van der Waals surface area contributed by atoms with E-state index in [0.717, 1.165) is 9.54 Å². The number of benzene rings is 1. The number of hydrogen-bond donors (Lipinski definition) is 1. The van der Waals surface area contributed by atoms with Crippen molar-refractivity contribution in [2.75, 3.05) is 14.2 Å². The van der Waals surface area contributed by atoms with Gasteiger partial charge in [0.25, 0.3) is 5.91 Å². The number of aromatic hydroxyl groups is 1. The number of aryl methyl sites for hydroxylation is 1. The summed E-state index contributed by atoms with van der Waals surface area (Å²) in [4.78, 5) is 21.4. The van der Waals surface area contributed by atoms with Gasteiger partial charge in [0.2, 0.25) is 0 Å². The summed E-state index contributed by atoms with van der Waals surface area (Å²) in [5.74, 6) is -0.548. The van der Waals surface area contributed by atoms with Gasteiger partial charge in [0.05, 0.1) is 23.9 Å². The van der Waals surface area contributed by atoms with Crippen molar-refractivity contribution in [2.24, 2.45) is 0 Å². The number of pyridine rings is 1. The molecule has 6 heteroatoms. The summed E-state index contributed by atoms with van der Waals surface area (Å²) in [5.41, 5.74) is 1.24. The Bertz CT molecular complexity index is 658. The van der Waals surface area contributed by atoms with Crippen molar-refractivity contribution in [1.29, 1.82) is 0 Å². The average Bonchev–Trinajstić information content (AvgIpc) is 2.39. The fourth-order valence-corrected chi connectivity index (χ4v) is 2.17. The fourth-order valence-electron chi connectivity index (χ4n) is 1.80. The quantitative estimate of drug-likeness (QED) is 0.862. The van der Waals surface area contributed by atoms with E-state index >= 15 is 0 Å². The van der Waals surface area contributed by atoms with Crippen molar-refractivity contribution in [2.45, 2.75) is 6.92 Å². The van der Waals surface area contributed by atoms with Gasteiger partial charge >= 0.3 is 0 Å². The molecule has 0 bridgehead atoms. The van der Waals surface area contributed by atoms with Gasteiger partial charge in [-0.15, -0.1) is 0 Å². The topological polar surface area (TPSA) is 62.7 Å². The van der Waals surface area contributed by atoms with E-state index in [1.165, 1.54) is 14.2 Å². The Morgan fingerprint density at radius 3 is 2.79 bits per heavy atom. The number of nitrogens with zero attached hydrogens (tertiary/aromatic N) is 2. The molecule has 100 valence electrons. The lowest BCUT2D eigenvalue weighted by molar-refractivity contribution is -0.0757. The Hall–Kier alpha value is -1.66. The van der Waals surface area contributed by atoms with Gasteiger partial charge < -0.3 is 5.11 Å². The molecular formula is C13H13BrN2O3. The smallest absolute Gasteiger partial charge is 0.281 e. The molecule has 0 fully saturated rings. The highest BCUT2D eigenvalue weighted by Gasteiger charge is 2.22. The van der Waals surface area contributed by atoms with Crippen molar-refractivity contribution in [3.8, 4) is 5.75 Å². The van der Waals surface area contributed by atoms with E-state index in [4.69, 9.17) is 4.84 Å². The van der Waals surface area contributed by atoms with Crippen LogP contribution in [-0.4, -0.2) is 35.2 Å². The van der Waals surface area contributed by atoms with Crippen LogP contribution >= 0.6 is 15.9 Å². The van der Waals surface area contributed by atoms with Crippen molar-refractivity contribution in [1.82, 2.24) is 10.0 Å². The van der Waals surface area contributed by atoms with E-state index < -0.39 is 5.91 Å². The monoisotopic (exact) mass is 324 g/mol. The van der Waals surface area contributed by atoms with Crippen molar-refractivity contribution in [3.63, 3.8) is 0 Å². The second-order valence-corrected chi connectivity index (χ2v) is 4.98.